The Hall–Kier alpha value is -2.94. The number of aromatic nitrogens is 3. The lowest BCUT2D eigenvalue weighted by atomic mass is 10.2. The third-order valence-corrected chi connectivity index (χ3v) is 4.58. The van der Waals surface area contributed by atoms with Gasteiger partial charge >= 0.3 is 0 Å². The normalized spacial score (nSPS) is 12.1. The first-order chi connectivity index (χ1) is 13.3. The topological polar surface area (TPSA) is 79.8 Å². The molecule has 0 fully saturated rings. The van der Waals surface area contributed by atoms with Gasteiger partial charge in [-0.05, 0) is 44.2 Å². The summed E-state index contributed by atoms with van der Waals surface area (Å²) in [5, 5.41) is 5.99. The summed E-state index contributed by atoms with van der Waals surface area (Å²) in [6.45, 7) is 3.78. The van der Waals surface area contributed by atoms with Crippen molar-refractivity contribution in [3.8, 4) is 11.4 Å². The van der Waals surface area contributed by atoms with Crippen LogP contribution in [0.2, 0.25) is 0 Å². The number of hydrogen-bond donors (Lipinski definition) is 2. The van der Waals surface area contributed by atoms with Crippen molar-refractivity contribution < 1.29 is 13.0 Å². The van der Waals surface area contributed by atoms with Crippen LogP contribution >= 0.6 is 0 Å². The Balaban J connectivity index is 2.06. The van der Waals surface area contributed by atoms with Gasteiger partial charge in [-0.3, -0.25) is 4.21 Å². The summed E-state index contributed by atoms with van der Waals surface area (Å²) in [5.41, 5.74) is 0.262. The summed E-state index contributed by atoms with van der Waals surface area (Å²) >= 11 is 0. The summed E-state index contributed by atoms with van der Waals surface area (Å²) in [5.74, 6) is -1.38. The van der Waals surface area contributed by atoms with E-state index in [1.807, 2.05) is 13.8 Å². The lowest BCUT2D eigenvalue weighted by Gasteiger charge is -2.13. The molecule has 0 aliphatic carbocycles. The first-order valence-electron chi connectivity index (χ1n) is 8.51. The fourth-order valence-electron chi connectivity index (χ4n) is 2.46. The molecule has 0 radical (unpaired) electrons. The average molecular weight is 403 g/mol. The highest BCUT2D eigenvalue weighted by Gasteiger charge is 2.17. The SMILES string of the molecule is CC(C)Nc1nc(Nc2cccc(S(C)=O)c2)nc(-c2c(F)cccc2F)n1. The fourth-order valence-corrected chi connectivity index (χ4v) is 3.02. The molecule has 0 spiro atoms. The molecule has 0 aliphatic rings. The molecular formula is C19H19F2N5OS. The number of anilines is 3. The Morgan fingerprint density at radius 3 is 2.25 bits per heavy atom. The van der Waals surface area contributed by atoms with Gasteiger partial charge in [0.2, 0.25) is 11.9 Å². The van der Waals surface area contributed by atoms with Crippen LogP contribution in [0.25, 0.3) is 11.4 Å². The molecule has 6 nitrogen and oxygen atoms in total. The molecular weight excluding hydrogens is 384 g/mol. The molecule has 9 heteroatoms. The molecule has 0 saturated carbocycles. The van der Waals surface area contributed by atoms with Crippen molar-refractivity contribution in [2.45, 2.75) is 24.8 Å². The number of rotatable bonds is 6. The van der Waals surface area contributed by atoms with Gasteiger partial charge in [-0.15, -0.1) is 0 Å². The van der Waals surface area contributed by atoms with E-state index in [2.05, 4.69) is 25.6 Å². The molecule has 28 heavy (non-hydrogen) atoms. The van der Waals surface area contributed by atoms with E-state index in [0.717, 1.165) is 12.1 Å². The number of nitrogens with zero attached hydrogens (tertiary/aromatic N) is 3. The van der Waals surface area contributed by atoms with E-state index < -0.39 is 22.4 Å². The van der Waals surface area contributed by atoms with Crippen LogP contribution in [0.1, 0.15) is 13.8 Å². The van der Waals surface area contributed by atoms with Gasteiger partial charge in [-0.1, -0.05) is 12.1 Å². The second kappa shape index (κ2) is 8.39. The number of benzene rings is 2. The van der Waals surface area contributed by atoms with E-state index in [0.29, 0.717) is 10.6 Å². The Labute approximate surface area is 163 Å². The summed E-state index contributed by atoms with van der Waals surface area (Å²) < 4.78 is 40.1. The highest BCUT2D eigenvalue weighted by molar-refractivity contribution is 7.84. The molecule has 0 saturated heterocycles. The van der Waals surface area contributed by atoms with E-state index in [1.54, 1.807) is 30.5 Å². The van der Waals surface area contributed by atoms with E-state index in [9.17, 15) is 13.0 Å². The van der Waals surface area contributed by atoms with Crippen molar-refractivity contribution in [2.24, 2.45) is 0 Å². The molecule has 2 N–H and O–H groups in total. The van der Waals surface area contributed by atoms with Crippen LogP contribution in [0, 0.1) is 11.6 Å². The zero-order valence-electron chi connectivity index (χ0n) is 15.5. The third kappa shape index (κ3) is 4.66. The monoisotopic (exact) mass is 403 g/mol. The first-order valence-corrected chi connectivity index (χ1v) is 10.1. The minimum atomic E-state index is -1.15. The Bertz CT molecular complexity index is 1010. The van der Waals surface area contributed by atoms with Gasteiger partial charge < -0.3 is 10.6 Å². The van der Waals surface area contributed by atoms with Gasteiger partial charge in [0, 0.05) is 33.7 Å². The van der Waals surface area contributed by atoms with Gasteiger partial charge in [0.15, 0.2) is 5.82 Å². The molecule has 1 heterocycles. The van der Waals surface area contributed by atoms with Crippen molar-refractivity contribution in [1.82, 2.24) is 15.0 Å². The number of halogens is 2. The first kappa shape index (κ1) is 19.8. The fraction of sp³-hybridized carbons (Fsp3) is 0.211. The Kier molecular flexibility index (Phi) is 5.93. The van der Waals surface area contributed by atoms with Crippen LogP contribution in [0.5, 0.6) is 0 Å². The van der Waals surface area contributed by atoms with Crippen LogP contribution < -0.4 is 10.6 Å². The van der Waals surface area contributed by atoms with Crippen LogP contribution in [-0.4, -0.2) is 31.5 Å². The number of hydrogen-bond acceptors (Lipinski definition) is 6. The van der Waals surface area contributed by atoms with E-state index >= 15 is 0 Å². The van der Waals surface area contributed by atoms with Gasteiger partial charge in [0.25, 0.3) is 0 Å². The molecule has 146 valence electrons. The molecule has 0 aliphatic heterocycles. The third-order valence-electron chi connectivity index (χ3n) is 3.66. The van der Waals surface area contributed by atoms with Crippen molar-refractivity contribution in [2.75, 3.05) is 16.9 Å². The van der Waals surface area contributed by atoms with Crippen molar-refractivity contribution >= 4 is 28.4 Å². The zero-order valence-corrected chi connectivity index (χ0v) is 16.3. The highest BCUT2D eigenvalue weighted by Crippen LogP contribution is 2.26. The summed E-state index contributed by atoms with van der Waals surface area (Å²) in [6.07, 6.45) is 1.58. The maximum absolute atomic E-state index is 14.2. The lowest BCUT2D eigenvalue weighted by molar-refractivity contribution is 0.587. The molecule has 1 unspecified atom stereocenters. The van der Waals surface area contributed by atoms with Crippen molar-refractivity contribution in [3.05, 3.63) is 54.1 Å². The van der Waals surface area contributed by atoms with Crippen molar-refractivity contribution in [3.63, 3.8) is 0 Å². The molecule has 3 rings (SSSR count). The zero-order chi connectivity index (χ0) is 20.3. The Morgan fingerprint density at radius 2 is 1.61 bits per heavy atom. The summed E-state index contributed by atoms with van der Waals surface area (Å²) in [7, 11) is -1.15. The lowest BCUT2D eigenvalue weighted by Crippen LogP contribution is -2.15. The molecule has 2 aromatic carbocycles. The molecule has 0 bridgehead atoms. The predicted octanol–water partition coefficient (Wildman–Crippen LogP) is 4.12. The van der Waals surface area contributed by atoms with E-state index in [-0.39, 0.29) is 29.3 Å². The second-order valence-corrected chi connectivity index (χ2v) is 7.69. The van der Waals surface area contributed by atoms with Crippen LogP contribution in [0.15, 0.2) is 47.4 Å². The molecule has 3 aromatic rings. The van der Waals surface area contributed by atoms with E-state index in [1.165, 1.54) is 6.07 Å². The van der Waals surface area contributed by atoms with Crippen LogP contribution in [0.4, 0.5) is 26.4 Å². The largest absolute Gasteiger partial charge is 0.352 e. The van der Waals surface area contributed by atoms with Crippen LogP contribution in [0.3, 0.4) is 0 Å². The van der Waals surface area contributed by atoms with Gasteiger partial charge in [0.1, 0.15) is 11.6 Å². The standard InChI is InChI=1S/C19H19F2N5OS/c1-11(2)22-18-24-17(16-14(20)8-5-9-15(16)21)25-19(26-18)23-12-6-4-7-13(10-12)28(3)27/h4-11H,1-3H3,(H2,22,23,24,25,26). The highest BCUT2D eigenvalue weighted by atomic mass is 32.2. The summed E-state index contributed by atoms with van der Waals surface area (Å²) in [4.78, 5) is 13.2. The Morgan fingerprint density at radius 1 is 0.964 bits per heavy atom. The molecule has 1 atom stereocenters. The van der Waals surface area contributed by atoms with Crippen molar-refractivity contribution in [1.29, 1.82) is 0 Å². The second-order valence-electron chi connectivity index (χ2n) is 6.31. The maximum atomic E-state index is 14.2. The van der Waals surface area contributed by atoms with Gasteiger partial charge in [-0.25, -0.2) is 8.78 Å². The molecule has 1 aromatic heterocycles. The van der Waals surface area contributed by atoms with E-state index in [4.69, 9.17) is 0 Å². The molecule has 0 amide bonds. The van der Waals surface area contributed by atoms with Gasteiger partial charge in [0.05, 0.1) is 5.56 Å². The minimum absolute atomic E-state index is 0.000548. The minimum Gasteiger partial charge on any atom is -0.352 e. The quantitative estimate of drug-likeness (QED) is 0.645. The predicted molar refractivity (Wildman–Crippen MR) is 106 cm³/mol. The van der Waals surface area contributed by atoms with Crippen LogP contribution in [-0.2, 0) is 10.8 Å². The maximum Gasteiger partial charge on any atom is 0.232 e. The summed E-state index contributed by atoms with van der Waals surface area (Å²) in [6, 6.07) is 10.5. The number of nitrogens with one attached hydrogen (secondary N) is 2. The average Bonchev–Trinajstić information content (AvgIpc) is 2.61. The van der Waals surface area contributed by atoms with Gasteiger partial charge in [-0.2, -0.15) is 15.0 Å². The smallest absolute Gasteiger partial charge is 0.232 e.